The highest BCUT2D eigenvalue weighted by Gasteiger charge is 2.25. The number of hydrogen-bond acceptors (Lipinski definition) is 3. The van der Waals surface area contributed by atoms with Crippen molar-refractivity contribution in [1.82, 2.24) is 0 Å². The Labute approximate surface area is 139 Å². The first-order valence-electron chi connectivity index (χ1n) is 7.50. The van der Waals surface area contributed by atoms with Gasteiger partial charge in [0.15, 0.2) is 6.04 Å². The van der Waals surface area contributed by atoms with Crippen LogP contribution >= 0.6 is 0 Å². The first-order chi connectivity index (χ1) is 11.4. The van der Waals surface area contributed by atoms with Gasteiger partial charge in [-0.25, -0.2) is 4.39 Å². The highest BCUT2D eigenvalue weighted by Crippen LogP contribution is 2.23. The smallest absolute Gasteiger partial charge is 0.292 e. The fourth-order valence-electron chi connectivity index (χ4n) is 2.30. The Balaban J connectivity index is 2.07. The Morgan fingerprint density at radius 1 is 1.25 bits per heavy atom. The molecule has 2 aromatic carbocycles. The van der Waals surface area contributed by atoms with Crippen molar-refractivity contribution in [3.63, 3.8) is 0 Å². The fourth-order valence-corrected chi connectivity index (χ4v) is 2.30. The number of nitro groups is 1. The van der Waals surface area contributed by atoms with Crippen molar-refractivity contribution < 1.29 is 19.0 Å². The highest BCUT2D eigenvalue weighted by atomic mass is 19.1. The van der Waals surface area contributed by atoms with Gasteiger partial charge in [0.25, 0.3) is 11.6 Å². The number of nitrogens with one attached hydrogen (secondary N) is 2. The van der Waals surface area contributed by atoms with Gasteiger partial charge in [0.2, 0.25) is 0 Å². The maximum atomic E-state index is 13.7. The number of halogens is 1. The molecule has 0 aliphatic rings. The van der Waals surface area contributed by atoms with E-state index >= 15 is 0 Å². The van der Waals surface area contributed by atoms with Crippen molar-refractivity contribution in [2.24, 2.45) is 0 Å². The van der Waals surface area contributed by atoms with Gasteiger partial charge in [-0.05, 0) is 19.1 Å². The Hall–Kier alpha value is -2.80. The third-order valence-corrected chi connectivity index (χ3v) is 3.92. The Morgan fingerprint density at radius 2 is 1.88 bits per heavy atom. The monoisotopic (exact) mass is 332 g/mol. The van der Waals surface area contributed by atoms with Crippen LogP contribution in [0.2, 0.25) is 0 Å². The zero-order valence-corrected chi connectivity index (χ0v) is 13.5. The third-order valence-electron chi connectivity index (χ3n) is 3.92. The van der Waals surface area contributed by atoms with E-state index in [-0.39, 0.29) is 23.1 Å². The minimum atomic E-state index is -0.545. The molecule has 0 aliphatic carbocycles. The Bertz CT molecular complexity index is 751. The summed E-state index contributed by atoms with van der Waals surface area (Å²) in [5.41, 5.74) is 0.503. The molecule has 0 heterocycles. The molecule has 2 rings (SSSR count). The first-order valence-corrected chi connectivity index (χ1v) is 7.50. The van der Waals surface area contributed by atoms with E-state index in [2.05, 4.69) is 5.32 Å². The number of nitrogens with zero attached hydrogens (tertiary/aromatic N) is 1. The number of benzene rings is 2. The topological polar surface area (TPSA) is 76.7 Å². The second kappa shape index (κ2) is 7.65. The van der Waals surface area contributed by atoms with Crippen molar-refractivity contribution in [3.8, 4) is 0 Å². The average Bonchev–Trinajstić information content (AvgIpc) is 2.56. The largest absolute Gasteiger partial charge is 0.324 e. The van der Waals surface area contributed by atoms with Crippen LogP contribution in [0.15, 0.2) is 48.5 Å². The van der Waals surface area contributed by atoms with E-state index in [4.69, 9.17) is 0 Å². The molecule has 7 heteroatoms. The molecule has 0 radical (unpaired) electrons. The molecule has 0 saturated heterocycles. The second-order valence-electron chi connectivity index (χ2n) is 5.60. The molecule has 0 saturated carbocycles. The van der Waals surface area contributed by atoms with Crippen LogP contribution in [-0.4, -0.2) is 23.9 Å². The van der Waals surface area contributed by atoms with E-state index in [1.807, 2.05) is 0 Å². The van der Waals surface area contributed by atoms with Crippen molar-refractivity contribution in [1.29, 1.82) is 0 Å². The number of anilines is 1. The molecule has 0 fully saturated rings. The Morgan fingerprint density at radius 3 is 2.54 bits per heavy atom. The van der Waals surface area contributed by atoms with Crippen molar-refractivity contribution in [2.75, 3.05) is 12.4 Å². The summed E-state index contributed by atoms with van der Waals surface area (Å²) in [4.78, 5) is 23.6. The molecule has 0 spiro atoms. The minimum absolute atomic E-state index is 0.151. The van der Waals surface area contributed by atoms with Gasteiger partial charge >= 0.3 is 0 Å². The van der Waals surface area contributed by atoms with E-state index in [0.717, 1.165) is 4.90 Å². The summed E-state index contributed by atoms with van der Waals surface area (Å²) in [5, 5.41) is 13.6. The number of nitro benzene ring substituents is 1. The SMILES string of the molecule is C[C@@H](C(=O)Nc1ccccc1[N+](=O)[O-])[NH+](C)Cc1ccccc1F. The summed E-state index contributed by atoms with van der Waals surface area (Å²) in [6.07, 6.45) is 0. The number of hydrogen-bond donors (Lipinski definition) is 2. The Kier molecular flexibility index (Phi) is 5.59. The quantitative estimate of drug-likeness (QED) is 0.625. The van der Waals surface area contributed by atoms with Crippen molar-refractivity contribution in [3.05, 3.63) is 70.0 Å². The summed E-state index contributed by atoms with van der Waals surface area (Å²) < 4.78 is 13.7. The summed E-state index contributed by atoms with van der Waals surface area (Å²) in [6, 6.07) is 11.8. The number of likely N-dealkylation sites (N-methyl/N-ethyl adjacent to an activating group) is 1. The molecule has 126 valence electrons. The maximum absolute atomic E-state index is 13.7. The predicted octanol–water partition coefficient (Wildman–Crippen LogP) is 1.78. The lowest BCUT2D eigenvalue weighted by molar-refractivity contribution is -0.908. The number of para-hydroxylation sites is 2. The predicted molar refractivity (Wildman–Crippen MR) is 88.2 cm³/mol. The van der Waals surface area contributed by atoms with Gasteiger partial charge in [-0.1, -0.05) is 30.3 Å². The molecule has 0 aromatic heterocycles. The van der Waals surface area contributed by atoms with E-state index in [1.165, 1.54) is 24.3 Å². The van der Waals surface area contributed by atoms with E-state index < -0.39 is 11.0 Å². The van der Waals surface area contributed by atoms with Crippen LogP contribution in [0.3, 0.4) is 0 Å². The molecule has 0 aliphatic heterocycles. The van der Waals surface area contributed by atoms with Crippen LogP contribution < -0.4 is 10.2 Å². The van der Waals surface area contributed by atoms with E-state index in [1.54, 1.807) is 38.2 Å². The maximum Gasteiger partial charge on any atom is 0.292 e. The highest BCUT2D eigenvalue weighted by molar-refractivity contribution is 5.95. The first kappa shape index (κ1) is 17.6. The molecule has 0 bridgehead atoms. The van der Waals surface area contributed by atoms with Gasteiger partial charge in [-0.15, -0.1) is 0 Å². The minimum Gasteiger partial charge on any atom is -0.324 e. The molecule has 24 heavy (non-hydrogen) atoms. The fraction of sp³-hybridized carbons (Fsp3) is 0.235. The lowest BCUT2D eigenvalue weighted by Crippen LogP contribution is -3.12. The van der Waals surface area contributed by atoms with Gasteiger partial charge in [-0.2, -0.15) is 0 Å². The molecular formula is C17H19FN3O3+. The summed E-state index contributed by atoms with van der Waals surface area (Å²) in [7, 11) is 1.77. The molecule has 6 nitrogen and oxygen atoms in total. The molecule has 2 N–H and O–H groups in total. The van der Waals surface area contributed by atoms with Crippen LogP contribution in [0.5, 0.6) is 0 Å². The van der Waals surface area contributed by atoms with E-state index in [9.17, 15) is 19.3 Å². The number of rotatable bonds is 6. The number of quaternary nitrogens is 1. The van der Waals surface area contributed by atoms with Crippen LogP contribution in [0.4, 0.5) is 15.8 Å². The van der Waals surface area contributed by atoms with Gasteiger partial charge < -0.3 is 10.2 Å². The molecule has 1 unspecified atom stereocenters. The molecule has 1 amide bonds. The summed E-state index contributed by atoms with van der Waals surface area (Å²) in [5.74, 6) is -0.679. The average molecular weight is 332 g/mol. The molecule has 2 aromatic rings. The van der Waals surface area contributed by atoms with Crippen LogP contribution in [0.1, 0.15) is 12.5 Å². The van der Waals surface area contributed by atoms with E-state index in [0.29, 0.717) is 12.1 Å². The molecular weight excluding hydrogens is 313 g/mol. The summed E-state index contributed by atoms with van der Waals surface area (Å²) in [6.45, 7) is 2.03. The third kappa shape index (κ3) is 4.14. The van der Waals surface area contributed by atoms with Crippen LogP contribution in [0, 0.1) is 15.9 Å². The van der Waals surface area contributed by atoms with Crippen LogP contribution in [-0.2, 0) is 11.3 Å². The summed E-state index contributed by atoms with van der Waals surface area (Å²) >= 11 is 0. The van der Waals surface area contributed by atoms with Crippen molar-refractivity contribution in [2.45, 2.75) is 19.5 Å². The lowest BCUT2D eigenvalue weighted by Gasteiger charge is -2.21. The van der Waals surface area contributed by atoms with Crippen LogP contribution in [0.25, 0.3) is 0 Å². The molecule has 2 atom stereocenters. The lowest BCUT2D eigenvalue weighted by atomic mass is 10.1. The number of carbonyl (C=O) groups excluding carboxylic acids is 1. The van der Waals surface area contributed by atoms with Gasteiger partial charge in [0, 0.05) is 11.6 Å². The van der Waals surface area contributed by atoms with Gasteiger partial charge in [0.05, 0.1) is 12.0 Å². The zero-order chi connectivity index (χ0) is 17.7. The second-order valence-corrected chi connectivity index (χ2v) is 5.60. The number of amides is 1. The van der Waals surface area contributed by atoms with Crippen molar-refractivity contribution >= 4 is 17.3 Å². The standard InChI is InChI=1S/C17H18FN3O3/c1-12(20(2)11-13-7-3-4-8-14(13)18)17(22)19-15-9-5-6-10-16(15)21(23)24/h3-10,12H,11H2,1-2H3,(H,19,22)/p+1/t12-/m0/s1. The zero-order valence-electron chi connectivity index (χ0n) is 13.5. The van der Waals surface area contributed by atoms with Gasteiger partial charge in [-0.3, -0.25) is 14.9 Å². The number of carbonyl (C=O) groups is 1. The van der Waals surface area contributed by atoms with Gasteiger partial charge in [0.1, 0.15) is 18.0 Å². The normalized spacial score (nSPS) is 13.1.